The van der Waals surface area contributed by atoms with Gasteiger partial charge in [0.05, 0.1) is 0 Å². The fourth-order valence-electron chi connectivity index (χ4n) is 0.630. The predicted octanol–water partition coefficient (Wildman–Crippen LogP) is 2.21. The Kier molecular flexibility index (Phi) is 3.69. The van der Waals surface area contributed by atoms with Crippen molar-refractivity contribution in [2.24, 2.45) is 4.99 Å². The molecule has 0 saturated heterocycles. The van der Waals surface area contributed by atoms with Gasteiger partial charge in [-0.15, -0.1) is 0 Å². The van der Waals surface area contributed by atoms with Crippen molar-refractivity contribution >= 4 is 6.21 Å². The van der Waals surface area contributed by atoms with Crippen LogP contribution < -0.4 is 0 Å². The van der Waals surface area contributed by atoms with Gasteiger partial charge in [-0.2, -0.15) is 0 Å². The largest absolute Gasteiger partial charge is 0.296 e. The third-order valence-corrected chi connectivity index (χ3v) is 0.807. The van der Waals surface area contributed by atoms with Crippen LogP contribution in [0.25, 0.3) is 0 Å². The topological polar surface area (TPSA) is 12.4 Å². The Balaban J connectivity index is 4.00. The second-order valence-electron chi connectivity index (χ2n) is 2.12. The lowest BCUT2D eigenvalue weighted by atomic mass is 10.2. The molecule has 1 nitrogen and oxygen atoms in total. The van der Waals surface area contributed by atoms with Crippen LogP contribution in [0.15, 0.2) is 28.8 Å². The van der Waals surface area contributed by atoms with Gasteiger partial charge < -0.3 is 0 Å². The summed E-state index contributed by atoms with van der Waals surface area (Å²) in [6.45, 7) is 7.71. The lowest BCUT2D eigenvalue weighted by molar-refractivity contribution is 1.43. The second-order valence-corrected chi connectivity index (χ2v) is 2.12. The van der Waals surface area contributed by atoms with Crippen LogP contribution in [0, 0.1) is 0 Å². The SMILES string of the molecule is C=C(C)/C=C(C)/C=N\C. The third kappa shape index (κ3) is 5.01. The molecular formula is C8H13N. The van der Waals surface area contributed by atoms with Gasteiger partial charge in [-0.25, -0.2) is 0 Å². The highest BCUT2D eigenvalue weighted by Gasteiger charge is 1.79. The van der Waals surface area contributed by atoms with Crippen LogP contribution in [0.2, 0.25) is 0 Å². The smallest absolute Gasteiger partial charge is 0.0277 e. The minimum Gasteiger partial charge on any atom is -0.296 e. The maximum absolute atomic E-state index is 3.85. The van der Waals surface area contributed by atoms with Crippen molar-refractivity contribution in [2.45, 2.75) is 13.8 Å². The lowest BCUT2D eigenvalue weighted by Gasteiger charge is -1.88. The Morgan fingerprint density at radius 1 is 1.44 bits per heavy atom. The quantitative estimate of drug-likeness (QED) is 0.394. The zero-order valence-electron chi connectivity index (χ0n) is 6.31. The van der Waals surface area contributed by atoms with E-state index in [1.54, 1.807) is 7.05 Å². The number of allylic oxidation sites excluding steroid dienone is 3. The summed E-state index contributed by atoms with van der Waals surface area (Å²) in [6.07, 6.45) is 3.81. The summed E-state index contributed by atoms with van der Waals surface area (Å²) in [5.41, 5.74) is 2.21. The van der Waals surface area contributed by atoms with E-state index < -0.39 is 0 Å². The van der Waals surface area contributed by atoms with Gasteiger partial charge in [0.2, 0.25) is 0 Å². The first-order chi connectivity index (χ1) is 4.16. The first-order valence-electron chi connectivity index (χ1n) is 2.92. The lowest BCUT2D eigenvalue weighted by Crippen LogP contribution is -1.76. The number of nitrogens with zero attached hydrogens (tertiary/aromatic N) is 1. The molecule has 0 aliphatic rings. The van der Waals surface area contributed by atoms with Gasteiger partial charge in [-0.3, -0.25) is 4.99 Å². The summed E-state index contributed by atoms with van der Waals surface area (Å²) in [7, 11) is 1.76. The Labute approximate surface area is 56.8 Å². The molecular weight excluding hydrogens is 110 g/mol. The Hall–Kier alpha value is -0.850. The summed E-state index contributed by atoms with van der Waals surface area (Å²) in [4.78, 5) is 3.85. The van der Waals surface area contributed by atoms with E-state index in [0.29, 0.717) is 0 Å². The molecule has 0 aliphatic heterocycles. The van der Waals surface area contributed by atoms with E-state index in [2.05, 4.69) is 11.6 Å². The highest BCUT2D eigenvalue weighted by molar-refractivity contribution is 5.78. The molecule has 0 saturated carbocycles. The molecule has 0 N–H and O–H groups in total. The summed E-state index contributed by atoms with van der Waals surface area (Å²) in [5, 5.41) is 0. The first-order valence-corrected chi connectivity index (χ1v) is 2.92. The van der Waals surface area contributed by atoms with Crippen LogP contribution in [0.4, 0.5) is 0 Å². The fourth-order valence-corrected chi connectivity index (χ4v) is 0.630. The van der Waals surface area contributed by atoms with Crippen molar-refractivity contribution in [1.82, 2.24) is 0 Å². The van der Waals surface area contributed by atoms with Gasteiger partial charge in [0, 0.05) is 13.3 Å². The summed E-state index contributed by atoms with van der Waals surface area (Å²) in [5.74, 6) is 0. The molecule has 0 bridgehead atoms. The van der Waals surface area contributed by atoms with E-state index in [0.717, 1.165) is 11.1 Å². The number of hydrogen-bond donors (Lipinski definition) is 0. The van der Waals surface area contributed by atoms with Crippen molar-refractivity contribution < 1.29 is 0 Å². The minimum absolute atomic E-state index is 1.06. The van der Waals surface area contributed by atoms with Gasteiger partial charge in [0.15, 0.2) is 0 Å². The van der Waals surface area contributed by atoms with Gasteiger partial charge in [-0.05, 0) is 19.4 Å². The number of hydrogen-bond acceptors (Lipinski definition) is 1. The van der Waals surface area contributed by atoms with E-state index in [9.17, 15) is 0 Å². The van der Waals surface area contributed by atoms with Gasteiger partial charge in [0.25, 0.3) is 0 Å². The first kappa shape index (κ1) is 8.15. The molecule has 0 heterocycles. The van der Waals surface area contributed by atoms with Crippen LogP contribution in [-0.2, 0) is 0 Å². The average molecular weight is 123 g/mol. The second kappa shape index (κ2) is 4.07. The van der Waals surface area contributed by atoms with Crippen LogP contribution in [0.3, 0.4) is 0 Å². The molecule has 0 aromatic rings. The fraction of sp³-hybridized carbons (Fsp3) is 0.375. The monoisotopic (exact) mass is 123 g/mol. The summed E-state index contributed by atoms with van der Waals surface area (Å²) >= 11 is 0. The van der Waals surface area contributed by atoms with E-state index >= 15 is 0 Å². The molecule has 0 fully saturated rings. The minimum atomic E-state index is 1.06. The molecule has 0 radical (unpaired) electrons. The molecule has 1 heteroatoms. The summed E-state index contributed by atoms with van der Waals surface area (Å²) in [6, 6.07) is 0. The molecule has 50 valence electrons. The molecule has 0 rings (SSSR count). The van der Waals surface area contributed by atoms with Crippen LogP contribution in [0.1, 0.15) is 13.8 Å². The maximum atomic E-state index is 3.85. The van der Waals surface area contributed by atoms with Crippen LogP contribution in [-0.4, -0.2) is 13.3 Å². The van der Waals surface area contributed by atoms with Crippen LogP contribution >= 0.6 is 0 Å². The zero-order valence-corrected chi connectivity index (χ0v) is 6.31. The van der Waals surface area contributed by atoms with E-state index in [-0.39, 0.29) is 0 Å². The van der Waals surface area contributed by atoms with E-state index in [1.165, 1.54) is 0 Å². The van der Waals surface area contributed by atoms with Crippen molar-refractivity contribution in [3.05, 3.63) is 23.8 Å². The number of aliphatic imine (C=N–C) groups is 1. The standard InChI is InChI=1S/C8H13N/c1-7(2)5-8(3)6-9-4/h5-6H,1H2,2-4H3/b8-5+,9-6-. The maximum Gasteiger partial charge on any atom is 0.0277 e. The normalized spacial score (nSPS) is 12.6. The molecule has 0 atom stereocenters. The molecule has 0 unspecified atom stereocenters. The van der Waals surface area contributed by atoms with Gasteiger partial charge in [0.1, 0.15) is 0 Å². The molecule has 0 spiro atoms. The predicted molar refractivity (Wildman–Crippen MR) is 43.0 cm³/mol. The average Bonchev–Trinajstić information content (AvgIpc) is 1.63. The Morgan fingerprint density at radius 3 is 2.33 bits per heavy atom. The van der Waals surface area contributed by atoms with Crippen molar-refractivity contribution in [2.75, 3.05) is 7.05 Å². The van der Waals surface area contributed by atoms with Gasteiger partial charge >= 0.3 is 0 Å². The van der Waals surface area contributed by atoms with Crippen LogP contribution in [0.5, 0.6) is 0 Å². The molecule has 0 amide bonds. The highest BCUT2D eigenvalue weighted by Crippen LogP contribution is 1.94. The third-order valence-electron chi connectivity index (χ3n) is 0.807. The van der Waals surface area contributed by atoms with E-state index in [4.69, 9.17) is 0 Å². The van der Waals surface area contributed by atoms with Crippen molar-refractivity contribution in [3.63, 3.8) is 0 Å². The van der Waals surface area contributed by atoms with E-state index in [1.807, 2.05) is 26.1 Å². The number of rotatable bonds is 2. The van der Waals surface area contributed by atoms with Crippen molar-refractivity contribution in [3.8, 4) is 0 Å². The van der Waals surface area contributed by atoms with Gasteiger partial charge in [-0.1, -0.05) is 18.2 Å². The Bertz CT molecular complexity index is 152. The summed E-state index contributed by atoms with van der Waals surface area (Å²) < 4.78 is 0. The Morgan fingerprint density at radius 2 is 2.00 bits per heavy atom. The van der Waals surface area contributed by atoms with Crippen molar-refractivity contribution in [1.29, 1.82) is 0 Å². The molecule has 9 heavy (non-hydrogen) atoms. The molecule has 0 aliphatic carbocycles. The highest BCUT2D eigenvalue weighted by atomic mass is 14.6. The molecule has 0 aromatic heterocycles. The molecule has 0 aromatic carbocycles. The zero-order chi connectivity index (χ0) is 7.28.